The number of carbonyl (C=O) groups excluding carboxylic acids is 1. The molecule has 1 atom stereocenters. The fraction of sp³-hybridized carbons (Fsp3) is 0.235. The number of hydrogen-bond acceptors (Lipinski definition) is 2. The predicted octanol–water partition coefficient (Wildman–Crippen LogP) is 4.45. The summed E-state index contributed by atoms with van der Waals surface area (Å²) in [5.41, 5.74) is 2.15. The zero-order valence-electron chi connectivity index (χ0n) is 12.1. The highest BCUT2D eigenvalue weighted by molar-refractivity contribution is 8.00. The summed E-state index contributed by atoms with van der Waals surface area (Å²) in [5.74, 6) is 0.0143. The van der Waals surface area contributed by atoms with Gasteiger partial charge in [0.1, 0.15) is 0 Å². The van der Waals surface area contributed by atoms with Crippen LogP contribution in [0.15, 0.2) is 53.4 Å². The average Bonchev–Trinajstić information content (AvgIpc) is 2.48. The third-order valence-electron chi connectivity index (χ3n) is 3.11. The maximum Gasteiger partial charge on any atom is 0.233 e. The predicted molar refractivity (Wildman–Crippen MR) is 89.8 cm³/mol. The van der Waals surface area contributed by atoms with Crippen LogP contribution in [-0.2, 0) is 11.3 Å². The van der Waals surface area contributed by atoms with Gasteiger partial charge in [0.15, 0.2) is 0 Å². The first-order valence-electron chi connectivity index (χ1n) is 6.80. The molecule has 2 aromatic rings. The molecule has 0 aliphatic rings. The van der Waals surface area contributed by atoms with Crippen LogP contribution in [0.4, 0.5) is 0 Å². The second kappa shape index (κ2) is 7.53. The van der Waals surface area contributed by atoms with Crippen molar-refractivity contribution in [1.82, 2.24) is 5.32 Å². The third kappa shape index (κ3) is 4.80. The van der Waals surface area contributed by atoms with E-state index in [0.29, 0.717) is 11.6 Å². The molecular formula is C17H18ClNOS. The Morgan fingerprint density at radius 1 is 1.19 bits per heavy atom. The van der Waals surface area contributed by atoms with E-state index in [9.17, 15) is 4.79 Å². The lowest BCUT2D eigenvalue weighted by Crippen LogP contribution is -2.30. The van der Waals surface area contributed by atoms with E-state index in [2.05, 4.69) is 17.4 Å². The number of thioether (sulfide) groups is 1. The van der Waals surface area contributed by atoms with Gasteiger partial charge in [-0.3, -0.25) is 4.79 Å². The summed E-state index contributed by atoms with van der Waals surface area (Å²) in [6.45, 7) is 4.41. The summed E-state index contributed by atoms with van der Waals surface area (Å²) < 4.78 is 0. The molecular weight excluding hydrogens is 302 g/mol. The molecule has 2 aromatic carbocycles. The minimum atomic E-state index is -0.143. The Morgan fingerprint density at radius 2 is 1.86 bits per heavy atom. The summed E-state index contributed by atoms with van der Waals surface area (Å²) in [4.78, 5) is 13.2. The summed E-state index contributed by atoms with van der Waals surface area (Å²) in [7, 11) is 0. The molecule has 0 aromatic heterocycles. The van der Waals surface area contributed by atoms with Crippen molar-refractivity contribution >= 4 is 29.3 Å². The van der Waals surface area contributed by atoms with Crippen molar-refractivity contribution in [3.63, 3.8) is 0 Å². The molecule has 2 nitrogen and oxygen atoms in total. The number of rotatable bonds is 5. The summed E-state index contributed by atoms with van der Waals surface area (Å²) in [6, 6.07) is 15.7. The molecule has 1 N–H and O–H groups in total. The maximum absolute atomic E-state index is 12.1. The van der Waals surface area contributed by atoms with Crippen LogP contribution in [0.5, 0.6) is 0 Å². The first kappa shape index (κ1) is 15.9. The van der Waals surface area contributed by atoms with Crippen molar-refractivity contribution in [2.45, 2.75) is 30.5 Å². The average molecular weight is 320 g/mol. The van der Waals surface area contributed by atoms with Crippen molar-refractivity contribution in [2.24, 2.45) is 0 Å². The normalized spacial score (nSPS) is 12.0. The van der Waals surface area contributed by atoms with Crippen molar-refractivity contribution in [3.8, 4) is 0 Å². The van der Waals surface area contributed by atoms with Gasteiger partial charge in [-0.25, -0.2) is 0 Å². The topological polar surface area (TPSA) is 29.1 Å². The zero-order valence-corrected chi connectivity index (χ0v) is 13.7. The number of halogens is 1. The van der Waals surface area contributed by atoms with Crippen molar-refractivity contribution < 1.29 is 4.79 Å². The van der Waals surface area contributed by atoms with Gasteiger partial charge in [0.25, 0.3) is 0 Å². The van der Waals surface area contributed by atoms with Gasteiger partial charge in [0.05, 0.1) is 5.25 Å². The van der Waals surface area contributed by atoms with Gasteiger partial charge in [-0.1, -0.05) is 47.5 Å². The second-order valence-corrected chi connectivity index (χ2v) is 6.70. The third-order valence-corrected chi connectivity index (χ3v) is 4.59. The van der Waals surface area contributed by atoms with Crippen molar-refractivity contribution in [2.75, 3.05) is 0 Å². The lowest BCUT2D eigenvalue weighted by atomic mass is 10.2. The number of aryl methyl sites for hydroxylation is 1. The van der Waals surface area contributed by atoms with E-state index in [1.807, 2.05) is 50.2 Å². The molecule has 0 bridgehead atoms. The van der Waals surface area contributed by atoms with Gasteiger partial charge in [-0.2, -0.15) is 0 Å². The van der Waals surface area contributed by atoms with E-state index in [1.54, 1.807) is 11.8 Å². The summed E-state index contributed by atoms with van der Waals surface area (Å²) in [6.07, 6.45) is 0. The standard InChI is InChI=1S/C17H18ClNOS/c1-12-7-9-15(10-8-12)21-13(2)17(20)19-11-14-5-3-4-6-16(14)18/h3-10,13H,11H2,1-2H3,(H,19,20). The number of carbonyl (C=O) groups is 1. The van der Waals surface area contributed by atoms with Crippen LogP contribution in [0.3, 0.4) is 0 Å². The summed E-state index contributed by atoms with van der Waals surface area (Å²) >= 11 is 7.63. The summed E-state index contributed by atoms with van der Waals surface area (Å²) in [5, 5.41) is 3.46. The van der Waals surface area contributed by atoms with Gasteiger partial charge in [-0.15, -0.1) is 11.8 Å². The molecule has 0 spiro atoms. The molecule has 0 aliphatic heterocycles. The number of nitrogens with one attached hydrogen (secondary N) is 1. The molecule has 2 rings (SSSR count). The minimum Gasteiger partial charge on any atom is -0.351 e. The molecule has 0 heterocycles. The van der Waals surface area contributed by atoms with E-state index in [0.717, 1.165) is 10.5 Å². The molecule has 0 aliphatic carbocycles. The lowest BCUT2D eigenvalue weighted by molar-refractivity contribution is -0.120. The molecule has 0 saturated carbocycles. The van der Waals surface area contributed by atoms with Crippen LogP contribution in [0.25, 0.3) is 0 Å². The zero-order chi connectivity index (χ0) is 15.2. The molecule has 0 fully saturated rings. The molecule has 110 valence electrons. The van der Waals surface area contributed by atoms with E-state index < -0.39 is 0 Å². The van der Waals surface area contributed by atoms with E-state index in [-0.39, 0.29) is 11.2 Å². The quantitative estimate of drug-likeness (QED) is 0.825. The van der Waals surface area contributed by atoms with Crippen molar-refractivity contribution in [3.05, 3.63) is 64.7 Å². The van der Waals surface area contributed by atoms with E-state index in [1.165, 1.54) is 5.56 Å². The smallest absolute Gasteiger partial charge is 0.233 e. The first-order valence-corrected chi connectivity index (χ1v) is 8.06. The second-order valence-electron chi connectivity index (χ2n) is 4.88. The largest absolute Gasteiger partial charge is 0.351 e. The van der Waals surface area contributed by atoms with Gasteiger partial charge >= 0.3 is 0 Å². The molecule has 0 saturated heterocycles. The van der Waals surface area contributed by atoms with E-state index >= 15 is 0 Å². The Hall–Kier alpha value is -1.45. The number of benzene rings is 2. The van der Waals surface area contributed by atoms with Crippen LogP contribution in [-0.4, -0.2) is 11.2 Å². The van der Waals surface area contributed by atoms with Gasteiger partial charge in [0, 0.05) is 16.5 Å². The van der Waals surface area contributed by atoms with Crippen LogP contribution < -0.4 is 5.32 Å². The Labute approximate surface area is 134 Å². The highest BCUT2D eigenvalue weighted by Gasteiger charge is 2.14. The SMILES string of the molecule is Cc1ccc(SC(C)C(=O)NCc2ccccc2Cl)cc1. The van der Waals surface area contributed by atoms with Crippen LogP contribution >= 0.6 is 23.4 Å². The molecule has 1 unspecified atom stereocenters. The van der Waals surface area contributed by atoms with Crippen LogP contribution in [0.2, 0.25) is 5.02 Å². The first-order chi connectivity index (χ1) is 10.1. The minimum absolute atomic E-state index is 0.0143. The number of hydrogen-bond donors (Lipinski definition) is 1. The Kier molecular flexibility index (Phi) is 5.71. The van der Waals surface area contributed by atoms with Crippen LogP contribution in [0.1, 0.15) is 18.1 Å². The lowest BCUT2D eigenvalue weighted by Gasteiger charge is -2.12. The van der Waals surface area contributed by atoms with E-state index in [4.69, 9.17) is 11.6 Å². The monoisotopic (exact) mass is 319 g/mol. The fourth-order valence-corrected chi connectivity index (χ4v) is 2.94. The molecule has 21 heavy (non-hydrogen) atoms. The fourth-order valence-electron chi connectivity index (χ4n) is 1.84. The Morgan fingerprint density at radius 3 is 2.52 bits per heavy atom. The van der Waals surface area contributed by atoms with Crippen LogP contribution in [0, 0.1) is 6.92 Å². The highest BCUT2D eigenvalue weighted by Crippen LogP contribution is 2.23. The Bertz CT molecular complexity index is 612. The molecule has 0 radical (unpaired) electrons. The molecule has 4 heteroatoms. The Balaban J connectivity index is 1.88. The van der Waals surface area contributed by atoms with Gasteiger partial charge in [0.2, 0.25) is 5.91 Å². The van der Waals surface area contributed by atoms with Gasteiger partial charge in [-0.05, 0) is 37.6 Å². The highest BCUT2D eigenvalue weighted by atomic mass is 35.5. The number of amides is 1. The molecule has 1 amide bonds. The maximum atomic E-state index is 12.1. The van der Waals surface area contributed by atoms with Gasteiger partial charge < -0.3 is 5.32 Å². The van der Waals surface area contributed by atoms with Crippen molar-refractivity contribution in [1.29, 1.82) is 0 Å².